The fourth-order valence-electron chi connectivity index (χ4n) is 3.64. The zero-order chi connectivity index (χ0) is 18.2. The van der Waals surface area contributed by atoms with E-state index in [0.29, 0.717) is 24.9 Å². The van der Waals surface area contributed by atoms with Gasteiger partial charge in [-0.05, 0) is 32.1 Å². The zero-order valence-corrected chi connectivity index (χ0v) is 19.0. The highest BCUT2D eigenvalue weighted by Gasteiger charge is 2.29. The molecule has 0 amide bonds. The third-order valence-corrected chi connectivity index (χ3v) is 5.11. The highest BCUT2D eigenvalue weighted by atomic mass is 127. The van der Waals surface area contributed by atoms with Crippen molar-refractivity contribution in [2.45, 2.75) is 59.6 Å². The molecule has 2 atom stereocenters. The van der Waals surface area contributed by atoms with Gasteiger partial charge in [0.1, 0.15) is 6.10 Å². The summed E-state index contributed by atoms with van der Waals surface area (Å²) in [5.41, 5.74) is 0. The molecule has 1 fully saturated rings. The zero-order valence-electron chi connectivity index (χ0n) is 16.7. The molecule has 26 heavy (non-hydrogen) atoms. The molecule has 0 bridgehead atoms. The minimum absolute atomic E-state index is 0. The van der Waals surface area contributed by atoms with Crippen molar-refractivity contribution in [2.24, 2.45) is 16.8 Å². The minimum Gasteiger partial charge on any atom is -0.371 e. The molecule has 1 aliphatic heterocycles. The average molecular weight is 479 g/mol. The van der Waals surface area contributed by atoms with Crippen LogP contribution in [-0.2, 0) is 11.3 Å². The van der Waals surface area contributed by atoms with Crippen molar-refractivity contribution in [3.8, 4) is 0 Å². The molecule has 1 N–H and O–H groups in total. The number of rotatable bonds is 8. The summed E-state index contributed by atoms with van der Waals surface area (Å²) in [7, 11) is 1.82. The van der Waals surface area contributed by atoms with Crippen molar-refractivity contribution in [2.75, 3.05) is 26.7 Å². The first kappa shape index (κ1) is 23.1. The van der Waals surface area contributed by atoms with Gasteiger partial charge >= 0.3 is 0 Å². The molecule has 1 saturated heterocycles. The van der Waals surface area contributed by atoms with Crippen LogP contribution in [0.25, 0.3) is 0 Å². The number of halogens is 1. The summed E-state index contributed by atoms with van der Waals surface area (Å²) in [4.78, 5) is 11.1. The number of guanidine groups is 1. The Labute approximate surface area is 174 Å². The maximum Gasteiger partial charge on any atom is 0.246 e. The lowest BCUT2D eigenvalue weighted by Crippen LogP contribution is -2.40. The van der Waals surface area contributed by atoms with Crippen LogP contribution in [0.4, 0.5) is 0 Å². The van der Waals surface area contributed by atoms with Crippen LogP contribution in [0.1, 0.15) is 64.8 Å². The van der Waals surface area contributed by atoms with Gasteiger partial charge in [0.15, 0.2) is 11.8 Å². The second kappa shape index (κ2) is 11.7. The van der Waals surface area contributed by atoms with Crippen LogP contribution in [0.5, 0.6) is 0 Å². The first-order valence-corrected chi connectivity index (χ1v) is 9.52. The van der Waals surface area contributed by atoms with E-state index in [1.807, 2.05) is 20.9 Å². The van der Waals surface area contributed by atoms with Gasteiger partial charge in [-0.15, -0.1) is 24.0 Å². The molecule has 7 nitrogen and oxygen atoms in total. The molecule has 2 heterocycles. The number of nitrogens with zero attached hydrogens (tertiary/aromatic N) is 4. The van der Waals surface area contributed by atoms with Crippen molar-refractivity contribution in [3.05, 3.63) is 11.7 Å². The minimum atomic E-state index is -0.152. The summed E-state index contributed by atoms with van der Waals surface area (Å²) in [6.07, 6.45) is 3.60. The standard InChI is InChI=1S/C18H33N5O2.HI/c1-6-14(7-2)15-9-10-23(12-15)18(19-5)20-11-16-21-17(22-25-16)13(4)24-8-3;/h13-15H,6-12H2,1-5H3,(H,19,20);1H. The number of hydrogen-bond acceptors (Lipinski definition) is 5. The molecule has 2 unspecified atom stereocenters. The Balaban J connectivity index is 0.00000338. The van der Waals surface area contributed by atoms with Crippen molar-refractivity contribution in [1.29, 1.82) is 0 Å². The molecule has 0 spiro atoms. The van der Waals surface area contributed by atoms with E-state index in [9.17, 15) is 0 Å². The van der Waals surface area contributed by atoms with Crippen molar-refractivity contribution in [3.63, 3.8) is 0 Å². The van der Waals surface area contributed by atoms with E-state index in [2.05, 4.69) is 39.2 Å². The lowest BCUT2D eigenvalue weighted by molar-refractivity contribution is 0.0683. The molecule has 2 rings (SSSR count). The highest BCUT2D eigenvalue weighted by Crippen LogP contribution is 2.28. The third kappa shape index (κ3) is 6.07. The summed E-state index contributed by atoms with van der Waals surface area (Å²) in [5.74, 6) is 3.62. The molecular weight excluding hydrogens is 445 g/mol. The molecule has 0 saturated carbocycles. The Kier molecular flexibility index (Phi) is 10.4. The quantitative estimate of drug-likeness (QED) is 0.349. The lowest BCUT2D eigenvalue weighted by atomic mass is 9.87. The first-order valence-electron chi connectivity index (χ1n) is 9.52. The monoisotopic (exact) mass is 479 g/mol. The van der Waals surface area contributed by atoms with Gasteiger partial charge < -0.3 is 19.5 Å². The van der Waals surface area contributed by atoms with Gasteiger partial charge in [-0.2, -0.15) is 4.98 Å². The van der Waals surface area contributed by atoms with Gasteiger partial charge in [0.05, 0.1) is 6.54 Å². The fraction of sp³-hybridized carbons (Fsp3) is 0.833. The van der Waals surface area contributed by atoms with Gasteiger partial charge in [0.2, 0.25) is 5.89 Å². The Hall–Kier alpha value is -0.900. The van der Waals surface area contributed by atoms with E-state index in [4.69, 9.17) is 9.26 Å². The van der Waals surface area contributed by atoms with Gasteiger partial charge in [-0.1, -0.05) is 31.8 Å². The first-order chi connectivity index (χ1) is 12.1. The molecule has 1 aromatic rings. The predicted octanol–water partition coefficient (Wildman–Crippen LogP) is 3.62. The van der Waals surface area contributed by atoms with Crippen LogP contribution in [-0.4, -0.2) is 47.7 Å². The molecule has 150 valence electrons. The van der Waals surface area contributed by atoms with Crippen molar-refractivity contribution >= 4 is 29.9 Å². The average Bonchev–Trinajstić information content (AvgIpc) is 3.27. The van der Waals surface area contributed by atoms with Gasteiger partial charge in [-0.25, -0.2) is 0 Å². The van der Waals surface area contributed by atoms with Gasteiger partial charge in [-0.3, -0.25) is 4.99 Å². The van der Waals surface area contributed by atoms with E-state index in [1.54, 1.807) is 0 Å². The topological polar surface area (TPSA) is 75.8 Å². The summed E-state index contributed by atoms with van der Waals surface area (Å²) >= 11 is 0. The van der Waals surface area contributed by atoms with Crippen LogP contribution in [0.15, 0.2) is 9.52 Å². The van der Waals surface area contributed by atoms with Gasteiger partial charge in [0, 0.05) is 26.7 Å². The number of likely N-dealkylation sites (tertiary alicyclic amines) is 1. The van der Waals surface area contributed by atoms with E-state index < -0.39 is 0 Å². The Morgan fingerprint density at radius 2 is 2.12 bits per heavy atom. The van der Waals surface area contributed by atoms with E-state index >= 15 is 0 Å². The Bertz CT molecular complexity index is 547. The second-order valence-electron chi connectivity index (χ2n) is 6.62. The maximum absolute atomic E-state index is 5.49. The van der Waals surface area contributed by atoms with Crippen LogP contribution in [0.2, 0.25) is 0 Å². The number of nitrogens with one attached hydrogen (secondary N) is 1. The SMILES string of the molecule is CCOC(C)c1noc(CNC(=NC)N2CCC(C(CC)CC)C2)n1.I. The largest absolute Gasteiger partial charge is 0.371 e. The highest BCUT2D eigenvalue weighted by molar-refractivity contribution is 14.0. The van der Waals surface area contributed by atoms with Crippen LogP contribution >= 0.6 is 24.0 Å². The molecule has 1 aliphatic rings. The molecule has 0 aliphatic carbocycles. The molecule has 0 aromatic carbocycles. The number of aromatic nitrogens is 2. The Morgan fingerprint density at radius 3 is 2.73 bits per heavy atom. The van der Waals surface area contributed by atoms with Crippen LogP contribution in [0, 0.1) is 11.8 Å². The fourth-order valence-corrected chi connectivity index (χ4v) is 3.64. The molecular formula is C18H34IN5O2. The van der Waals surface area contributed by atoms with E-state index in [1.165, 1.54) is 19.3 Å². The van der Waals surface area contributed by atoms with Gasteiger partial charge in [0.25, 0.3) is 0 Å². The number of ether oxygens (including phenoxy) is 1. The van der Waals surface area contributed by atoms with Crippen molar-refractivity contribution < 1.29 is 9.26 Å². The molecule has 0 radical (unpaired) electrons. The molecule has 8 heteroatoms. The number of hydrogen-bond donors (Lipinski definition) is 1. The summed E-state index contributed by atoms with van der Waals surface area (Å²) in [6.45, 7) is 11.7. The lowest BCUT2D eigenvalue weighted by Gasteiger charge is -2.23. The summed E-state index contributed by atoms with van der Waals surface area (Å²) < 4.78 is 10.8. The van der Waals surface area contributed by atoms with E-state index in [-0.39, 0.29) is 30.1 Å². The second-order valence-corrected chi connectivity index (χ2v) is 6.62. The summed E-state index contributed by atoms with van der Waals surface area (Å²) in [5, 5.41) is 7.34. The van der Waals surface area contributed by atoms with Crippen molar-refractivity contribution in [1.82, 2.24) is 20.4 Å². The summed E-state index contributed by atoms with van der Waals surface area (Å²) in [6, 6.07) is 0. The van der Waals surface area contributed by atoms with E-state index in [0.717, 1.165) is 30.9 Å². The predicted molar refractivity (Wildman–Crippen MR) is 114 cm³/mol. The normalized spacial score (nSPS) is 18.9. The van der Waals surface area contributed by atoms with Crippen LogP contribution < -0.4 is 5.32 Å². The molecule has 1 aromatic heterocycles. The smallest absolute Gasteiger partial charge is 0.246 e. The maximum atomic E-state index is 5.49. The number of aliphatic imine (C=N–C) groups is 1. The third-order valence-electron chi connectivity index (χ3n) is 5.11. The Morgan fingerprint density at radius 1 is 1.38 bits per heavy atom. The van der Waals surface area contributed by atoms with Crippen LogP contribution in [0.3, 0.4) is 0 Å².